The Balaban J connectivity index is 1.56. The minimum atomic E-state index is -3.29. The van der Waals surface area contributed by atoms with Gasteiger partial charge in [0.1, 0.15) is 12.3 Å². The number of hydrogen-bond acceptors (Lipinski definition) is 6. The number of nitrogens with one attached hydrogen (secondary N) is 1. The zero-order valence-electron chi connectivity index (χ0n) is 15.2. The fourth-order valence-corrected chi connectivity index (χ4v) is 4.66. The Labute approximate surface area is 165 Å². The Bertz CT molecular complexity index is 1310. The molecule has 0 aliphatic carbocycles. The fourth-order valence-electron chi connectivity index (χ4n) is 3.01. The number of aromatic nitrogens is 2. The van der Waals surface area contributed by atoms with Crippen LogP contribution >= 0.6 is 11.3 Å². The lowest BCUT2D eigenvalue weighted by molar-refractivity contribution is -0.116. The smallest absolute Gasteiger partial charge is 0.246 e. The third-order valence-electron chi connectivity index (χ3n) is 4.34. The topological polar surface area (TPSA) is 90.3 Å². The maximum absolute atomic E-state index is 12.5. The molecule has 7 nitrogen and oxygen atoms in total. The van der Waals surface area contributed by atoms with Crippen LogP contribution < -0.4 is 10.1 Å². The standard InChI is InChI=1S/C19H17N3O4S2/c1-26-16-5-3-4-15-13(16)8-9-22(15)11-18(23)21-19-20-14-7-6-12(28(2,24)25)10-17(14)27-19/h3-10H,11H2,1-2H3,(H,20,21,23). The van der Waals surface area contributed by atoms with Crippen LogP contribution in [0.15, 0.2) is 53.6 Å². The molecule has 28 heavy (non-hydrogen) atoms. The van der Waals surface area contributed by atoms with E-state index in [-0.39, 0.29) is 17.3 Å². The van der Waals surface area contributed by atoms with Gasteiger partial charge in [-0.1, -0.05) is 17.4 Å². The minimum absolute atomic E-state index is 0.126. The second kappa shape index (κ2) is 6.92. The maximum Gasteiger partial charge on any atom is 0.246 e. The number of sulfone groups is 1. The molecule has 0 saturated heterocycles. The molecule has 0 aliphatic heterocycles. The fraction of sp³-hybridized carbons (Fsp3) is 0.158. The van der Waals surface area contributed by atoms with Crippen LogP contribution in [0, 0.1) is 0 Å². The summed E-state index contributed by atoms with van der Waals surface area (Å²) >= 11 is 1.24. The van der Waals surface area contributed by atoms with Crippen LogP contribution in [0.1, 0.15) is 0 Å². The zero-order chi connectivity index (χ0) is 19.9. The Hall–Kier alpha value is -2.91. The van der Waals surface area contributed by atoms with Crippen molar-refractivity contribution in [3.63, 3.8) is 0 Å². The number of thiazole rings is 1. The molecule has 9 heteroatoms. The molecule has 144 valence electrons. The van der Waals surface area contributed by atoms with E-state index >= 15 is 0 Å². The molecule has 1 N–H and O–H groups in total. The molecule has 4 aromatic rings. The van der Waals surface area contributed by atoms with E-state index in [1.165, 1.54) is 17.4 Å². The van der Waals surface area contributed by atoms with E-state index in [1.54, 1.807) is 19.2 Å². The van der Waals surface area contributed by atoms with Gasteiger partial charge in [-0.2, -0.15) is 0 Å². The number of methoxy groups -OCH3 is 1. The molecule has 0 atom stereocenters. The van der Waals surface area contributed by atoms with Gasteiger partial charge in [0.15, 0.2) is 15.0 Å². The van der Waals surface area contributed by atoms with Gasteiger partial charge in [-0.25, -0.2) is 13.4 Å². The van der Waals surface area contributed by atoms with Crippen molar-refractivity contribution in [2.24, 2.45) is 0 Å². The number of nitrogens with zero attached hydrogens (tertiary/aromatic N) is 2. The number of benzene rings is 2. The summed E-state index contributed by atoms with van der Waals surface area (Å²) in [6.07, 6.45) is 3.00. The summed E-state index contributed by atoms with van der Waals surface area (Å²) in [7, 11) is -1.68. The highest BCUT2D eigenvalue weighted by molar-refractivity contribution is 7.90. The summed E-state index contributed by atoms with van der Waals surface area (Å²) < 4.78 is 31.3. The first-order valence-corrected chi connectivity index (χ1v) is 11.1. The van der Waals surface area contributed by atoms with Crippen LogP contribution in [-0.4, -0.2) is 37.2 Å². The summed E-state index contributed by atoms with van der Waals surface area (Å²) in [5, 5.41) is 4.15. The van der Waals surface area contributed by atoms with Crippen LogP contribution in [0.3, 0.4) is 0 Å². The third-order valence-corrected chi connectivity index (χ3v) is 6.39. The number of fused-ring (bicyclic) bond motifs is 2. The van der Waals surface area contributed by atoms with Gasteiger partial charge in [-0.15, -0.1) is 0 Å². The van der Waals surface area contributed by atoms with Gasteiger partial charge in [0.25, 0.3) is 0 Å². The van der Waals surface area contributed by atoms with Crippen molar-refractivity contribution < 1.29 is 17.9 Å². The third kappa shape index (κ3) is 3.46. The number of carbonyl (C=O) groups is 1. The predicted octanol–water partition coefficient (Wildman–Crippen LogP) is 3.30. The number of carbonyl (C=O) groups excluding carboxylic acids is 1. The maximum atomic E-state index is 12.5. The first kappa shape index (κ1) is 18.5. The molecular weight excluding hydrogens is 398 g/mol. The molecule has 0 aliphatic rings. The molecule has 0 unspecified atom stereocenters. The molecule has 2 aromatic heterocycles. The first-order chi connectivity index (χ1) is 13.3. The number of hydrogen-bond donors (Lipinski definition) is 1. The van der Waals surface area contributed by atoms with Gasteiger partial charge in [-0.05, 0) is 36.4 Å². The van der Waals surface area contributed by atoms with E-state index in [1.807, 2.05) is 35.0 Å². The SMILES string of the molecule is COc1cccc2c1ccn2CC(=O)Nc1nc2ccc(S(C)(=O)=O)cc2s1. The second-order valence-corrected chi connectivity index (χ2v) is 9.35. The monoisotopic (exact) mass is 415 g/mol. The van der Waals surface area contributed by atoms with E-state index < -0.39 is 9.84 Å². The van der Waals surface area contributed by atoms with Crippen LogP contribution in [-0.2, 0) is 21.2 Å². The van der Waals surface area contributed by atoms with Crippen LogP contribution in [0.2, 0.25) is 0 Å². The van der Waals surface area contributed by atoms with E-state index in [2.05, 4.69) is 10.3 Å². The number of amides is 1. The molecular formula is C19H17N3O4S2. The highest BCUT2D eigenvalue weighted by Gasteiger charge is 2.13. The molecule has 0 radical (unpaired) electrons. The van der Waals surface area contributed by atoms with Crippen molar-refractivity contribution in [2.45, 2.75) is 11.4 Å². The molecule has 2 heterocycles. The second-order valence-electron chi connectivity index (χ2n) is 6.31. The molecule has 0 fully saturated rings. The number of anilines is 1. The van der Waals surface area contributed by atoms with Crippen LogP contribution in [0.4, 0.5) is 5.13 Å². The van der Waals surface area contributed by atoms with E-state index in [4.69, 9.17) is 4.74 Å². The van der Waals surface area contributed by atoms with Gasteiger partial charge in [-0.3, -0.25) is 4.79 Å². The summed E-state index contributed by atoms with van der Waals surface area (Å²) in [4.78, 5) is 17.1. The Kier molecular flexibility index (Phi) is 4.56. The van der Waals surface area contributed by atoms with Gasteiger partial charge < -0.3 is 14.6 Å². The predicted molar refractivity (Wildman–Crippen MR) is 110 cm³/mol. The highest BCUT2D eigenvalue weighted by atomic mass is 32.2. The normalized spacial score (nSPS) is 11.8. The average Bonchev–Trinajstić information content (AvgIpc) is 3.23. The number of ether oxygens (including phenoxy) is 1. The highest BCUT2D eigenvalue weighted by Crippen LogP contribution is 2.29. The van der Waals surface area contributed by atoms with Crippen molar-refractivity contribution in [3.8, 4) is 5.75 Å². The summed E-state index contributed by atoms with van der Waals surface area (Å²) in [6.45, 7) is 0.126. The van der Waals surface area contributed by atoms with Crippen LogP contribution in [0.25, 0.3) is 21.1 Å². The Morgan fingerprint density at radius 3 is 2.82 bits per heavy atom. The van der Waals surface area contributed by atoms with Crippen molar-refractivity contribution in [1.82, 2.24) is 9.55 Å². The van der Waals surface area contributed by atoms with E-state index in [0.29, 0.717) is 15.3 Å². The largest absolute Gasteiger partial charge is 0.496 e. The summed E-state index contributed by atoms with van der Waals surface area (Å²) in [5.74, 6) is 0.534. The van der Waals surface area contributed by atoms with Crippen molar-refractivity contribution in [3.05, 3.63) is 48.7 Å². The molecule has 2 aromatic carbocycles. The lowest BCUT2D eigenvalue weighted by atomic mass is 10.2. The lowest BCUT2D eigenvalue weighted by Gasteiger charge is -2.06. The van der Waals surface area contributed by atoms with E-state index in [0.717, 1.165) is 22.9 Å². The van der Waals surface area contributed by atoms with Gasteiger partial charge >= 0.3 is 0 Å². The molecule has 1 amide bonds. The van der Waals surface area contributed by atoms with Gasteiger partial charge in [0, 0.05) is 17.8 Å². The average molecular weight is 415 g/mol. The quantitative estimate of drug-likeness (QED) is 0.540. The molecule has 0 bridgehead atoms. The van der Waals surface area contributed by atoms with Crippen molar-refractivity contribution in [2.75, 3.05) is 18.7 Å². The van der Waals surface area contributed by atoms with Crippen molar-refractivity contribution >= 4 is 53.3 Å². The summed E-state index contributed by atoms with van der Waals surface area (Å²) in [6, 6.07) is 12.3. The Morgan fingerprint density at radius 1 is 1.25 bits per heavy atom. The molecule has 4 rings (SSSR count). The number of rotatable bonds is 5. The minimum Gasteiger partial charge on any atom is -0.496 e. The lowest BCUT2D eigenvalue weighted by Crippen LogP contribution is -2.18. The first-order valence-electron chi connectivity index (χ1n) is 8.37. The Morgan fingerprint density at radius 2 is 2.07 bits per heavy atom. The van der Waals surface area contributed by atoms with Crippen molar-refractivity contribution in [1.29, 1.82) is 0 Å². The van der Waals surface area contributed by atoms with E-state index in [9.17, 15) is 13.2 Å². The summed E-state index contributed by atoms with van der Waals surface area (Å²) in [5.41, 5.74) is 1.54. The molecule has 0 spiro atoms. The van der Waals surface area contributed by atoms with Gasteiger partial charge in [0.2, 0.25) is 5.91 Å². The van der Waals surface area contributed by atoms with Gasteiger partial charge in [0.05, 0.1) is 27.7 Å². The van der Waals surface area contributed by atoms with Crippen LogP contribution in [0.5, 0.6) is 5.75 Å². The zero-order valence-corrected chi connectivity index (χ0v) is 16.8. The molecule has 0 saturated carbocycles.